The molecule has 0 radical (unpaired) electrons. The molecule has 4 rings (SSSR count). The molecular formula is C18H19N3O3. The summed E-state index contributed by atoms with van der Waals surface area (Å²) in [4.78, 5) is 34.7. The van der Waals surface area contributed by atoms with Crippen molar-refractivity contribution in [1.82, 2.24) is 14.9 Å². The van der Waals surface area contributed by atoms with Crippen molar-refractivity contribution in [2.45, 2.75) is 12.8 Å². The van der Waals surface area contributed by atoms with Gasteiger partial charge in [-0.3, -0.25) is 14.5 Å². The van der Waals surface area contributed by atoms with Crippen LogP contribution >= 0.6 is 0 Å². The van der Waals surface area contributed by atoms with E-state index in [4.69, 9.17) is 4.74 Å². The van der Waals surface area contributed by atoms with Gasteiger partial charge in [0.2, 0.25) is 5.78 Å². The highest BCUT2D eigenvalue weighted by atomic mass is 16.5. The summed E-state index contributed by atoms with van der Waals surface area (Å²) in [5, 5.41) is 0. The normalized spacial score (nSPS) is 19.0. The number of hydrogen-bond acceptors (Lipinski definition) is 5. The maximum Gasteiger partial charge on any atom is 0.251 e. The molecule has 0 spiro atoms. The van der Waals surface area contributed by atoms with Crippen molar-refractivity contribution in [1.29, 1.82) is 0 Å². The minimum Gasteiger partial charge on any atom is -0.379 e. The Bertz CT molecular complexity index is 806. The molecule has 1 N–H and O–H groups in total. The van der Waals surface area contributed by atoms with Crippen molar-refractivity contribution in [2.75, 3.05) is 32.8 Å². The third-order valence-electron chi connectivity index (χ3n) is 4.68. The number of aromatic amines is 1. The van der Waals surface area contributed by atoms with E-state index in [1.165, 1.54) is 0 Å². The summed E-state index contributed by atoms with van der Waals surface area (Å²) in [7, 11) is 0. The monoisotopic (exact) mass is 325 g/mol. The van der Waals surface area contributed by atoms with E-state index in [-0.39, 0.29) is 5.92 Å². The molecule has 1 saturated heterocycles. The van der Waals surface area contributed by atoms with E-state index in [1.54, 1.807) is 12.1 Å². The Morgan fingerprint density at radius 3 is 2.62 bits per heavy atom. The molecule has 1 aromatic carbocycles. The van der Waals surface area contributed by atoms with Gasteiger partial charge in [0.15, 0.2) is 0 Å². The van der Waals surface area contributed by atoms with Crippen LogP contribution in [0.2, 0.25) is 0 Å². The van der Waals surface area contributed by atoms with Gasteiger partial charge in [0.25, 0.3) is 5.78 Å². The van der Waals surface area contributed by atoms with Crippen LogP contribution in [0.15, 0.2) is 24.3 Å². The van der Waals surface area contributed by atoms with Gasteiger partial charge in [-0.2, -0.15) is 0 Å². The first-order chi connectivity index (χ1) is 11.6. The molecule has 6 nitrogen and oxygen atoms in total. The van der Waals surface area contributed by atoms with Gasteiger partial charge in [0, 0.05) is 36.7 Å². The number of Topliss-reactive ketones (excluding diaryl/α,β-unsaturated/α-hetero) is 2. The van der Waals surface area contributed by atoms with E-state index in [0.29, 0.717) is 17.0 Å². The van der Waals surface area contributed by atoms with E-state index in [0.717, 1.165) is 44.2 Å². The van der Waals surface area contributed by atoms with Crippen LogP contribution in [-0.4, -0.2) is 59.3 Å². The lowest BCUT2D eigenvalue weighted by Crippen LogP contribution is -2.38. The molecular weight excluding hydrogens is 306 g/mol. The third kappa shape index (κ3) is 2.48. The summed E-state index contributed by atoms with van der Waals surface area (Å²) >= 11 is 0. The molecule has 2 heterocycles. The molecule has 24 heavy (non-hydrogen) atoms. The second kappa shape index (κ2) is 5.96. The molecule has 1 unspecified atom stereocenters. The van der Waals surface area contributed by atoms with E-state index < -0.39 is 11.6 Å². The number of carbonyl (C=O) groups is 2. The van der Waals surface area contributed by atoms with Gasteiger partial charge in [-0.25, -0.2) is 4.98 Å². The molecule has 2 aromatic rings. The van der Waals surface area contributed by atoms with Gasteiger partial charge in [-0.05, 0) is 0 Å². The van der Waals surface area contributed by atoms with Crippen LogP contribution in [-0.2, 0) is 4.74 Å². The number of hydrogen-bond donors (Lipinski definition) is 1. The number of fused-ring (bicyclic) bond motifs is 3. The highest BCUT2D eigenvalue weighted by Gasteiger charge is 2.34. The minimum atomic E-state index is -0.499. The Morgan fingerprint density at radius 1 is 1.17 bits per heavy atom. The molecule has 1 aliphatic heterocycles. The van der Waals surface area contributed by atoms with Crippen LogP contribution in [0.25, 0.3) is 11.3 Å². The zero-order valence-electron chi connectivity index (χ0n) is 13.5. The number of benzene rings is 1. The van der Waals surface area contributed by atoms with Crippen molar-refractivity contribution in [3.05, 3.63) is 41.3 Å². The molecule has 1 aromatic heterocycles. The van der Waals surface area contributed by atoms with Crippen molar-refractivity contribution in [2.24, 2.45) is 0 Å². The first kappa shape index (κ1) is 15.2. The summed E-state index contributed by atoms with van der Waals surface area (Å²) in [6.07, 6.45) is 0. The van der Waals surface area contributed by atoms with Gasteiger partial charge < -0.3 is 9.72 Å². The maximum absolute atomic E-state index is 12.4. The molecule has 1 aliphatic carbocycles. The van der Waals surface area contributed by atoms with Crippen molar-refractivity contribution >= 4 is 11.6 Å². The van der Waals surface area contributed by atoms with E-state index in [1.807, 2.05) is 12.1 Å². The van der Waals surface area contributed by atoms with E-state index in [9.17, 15) is 9.59 Å². The quantitative estimate of drug-likeness (QED) is 0.872. The van der Waals surface area contributed by atoms with Crippen LogP contribution in [0.1, 0.15) is 39.5 Å². The minimum absolute atomic E-state index is 0.142. The number of aromatic nitrogens is 2. The lowest BCUT2D eigenvalue weighted by molar-refractivity contribution is 0.0354. The largest absolute Gasteiger partial charge is 0.379 e. The van der Waals surface area contributed by atoms with E-state index >= 15 is 0 Å². The van der Waals surface area contributed by atoms with Crippen molar-refractivity contribution in [3.8, 4) is 11.3 Å². The average Bonchev–Trinajstić information content (AvgIpc) is 3.06. The molecule has 1 fully saturated rings. The van der Waals surface area contributed by atoms with Crippen LogP contribution in [0.4, 0.5) is 0 Å². The molecule has 0 amide bonds. The molecule has 0 bridgehead atoms. The standard InChI is InChI=1S/C18H19N3O3/c1-11(10-21-6-8-24-9-7-21)18-19-14-12-4-2-3-5-13(12)16(22)17(23)15(14)20-18/h2-5,11H,6-10H2,1H3,(H,19,20). The summed E-state index contributed by atoms with van der Waals surface area (Å²) in [5.41, 5.74) is 2.09. The number of morpholine rings is 1. The lowest BCUT2D eigenvalue weighted by atomic mass is 9.90. The average molecular weight is 325 g/mol. The fraction of sp³-hybridized carbons (Fsp3) is 0.389. The maximum atomic E-state index is 12.4. The lowest BCUT2D eigenvalue weighted by Gasteiger charge is -2.28. The first-order valence-electron chi connectivity index (χ1n) is 8.23. The molecule has 1 atom stereocenters. The summed E-state index contributed by atoms with van der Waals surface area (Å²) in [6.45, 7) is 6.25. The van der Waals surface area contributed by atoms with Crippen LogP contribution < -0.4 is 0 Å². The predicted octanol–water partition coefficient (Wildman–Crippen LogP) is 1.89. The van der Waals surface area contributed by atoms with Gasteiger partial charge in [0.1, 0.15) is 17.2 Å². The number of rotatable bonds is 3. The topological polar surface area (TPSA) is 75.3 Å². The Morgan fingerprint density at radius 2 is 1.88 bits per heavy atom. The second-order valence-electron chi connectivity index (χ2n) is 6.36. The number of H-pyrrole nitrogens is 1. The fourth-order valence-corrected chi connectivity index (χ4v) is 3.37. The Hall–Kier alpha value is -2.31. The van der Waals surface area contributed by atoms with Crippen LogP contribution in [0, 0.1) is 0 Å². The summed E-state index contributed by atoms with van der Waals surface area (Å²) in [6, 6.07) is 7.15. The fourth-order valence-electron chi connectivity index (χ4n) is 3.37. The number of nitrogens with one attached hydrogen (secondary N) is 1. The first-order valence-corrected chi connectivity index (χ1v) is 8.23. The highest BCUT2D eigenvalue weighted by Crippen LogP contribution is 2.33. The number of nitrogens with zero attached hydrogens (tertiary/aromatic N) is 2. The van der Waals surface area contributed by atoms with Gasteiger partial charge in [0.05, 0.1) is 13.2 Å². The van der Waals surface area contributed by atoms with Crippen LogP contribution in [0.3, 0.4) is 0 Å². The van der Waals surface area contributed by atoms with E-state index in [2.05, 4.69) is 21.8 Å². The van der Waals surface area contributed by atoms with Gasteiger partial charge in [-0.15, -0.1) is 0 Å². The predicted molar refractivity (Wildman–Crippen MR) is 88.4 cm³/mol. The van der Waals surface area contributed by atoms with Gasteiger partial charge in [-0.1, -0.05) is 31.2 Å². The van der Waals surface area contributed by atoms with Crippen LogP contribution in [0.5, 0.6) is 0 Å². The number of carbonyl (C=O) groups excluding carboxylic acids is 2. The second-order valence-corrected chi connectivity index (χ2v) is 6.36. The molecule has 0 saturated carbocycles. The summed E-state index contributed by atoms with van der Waals surface area (Å²) < 4.78 is 5.37. The molecule has 2 aliphatic rings. The molecule has 6 heteroatoms. The summed E-state index contributed by atoms with van der Waals surface area (Å²) in [5.74, 6) is -0.0664. The van der Waals surface area contributed by atoms with Crippen molar-refractivity contribution < 1.29 is 14.3 Å². The van der Waals surface area contributed by atoms with Crippen molar-refractivity contribution in [3.63, 3.8) is 0 Å². The smallest absolute Gasteiger partial charge is 0.251 e. The molecule has 124 valence electrons. The zero-order valence-corrected chi connectivity index (χ0v) is 13.5. The zero-order chi connectivity index (χ0) is 16.7. The number of ether oxygens (including phenoxy) is 1. The Balaban J connectivity index is 1.66. The highest BCUT2D eigenvalue weighted by molar-refractivity contribution is 6.52. The third-order valence-corrected chi connectivity index (χ3v) is 4.68. The number of imidazole rings is 1. The number of ketones is 2. The SMILES string of the molecule is CC(CN1CCOCC1)c1nc2c([nH]1)C(=O)C(=O)c1ccccc1-2. The van der Waals surface area contributed by atoms with Gasteiger partial charge >= 0.3 is 0 Å². The Kier molecular flexibility index (Phi) is 3.78. The Labute approximate surface area is 139 Å².